The molecule has 2 atom stereocenters. The second kappa shape index (κ2) is 6.25. The smallest absolute Gasteiger partial charge is 0.293 e. The minimum absolute atomic E-state index is 0.0897. The van der Waals surface area contributed by atoms with Gasteiger partial charge >= 0.3 is 0 Å². The maximum absolute atomic E-state index is 12.5. The molecular formula is C16H12N2O5S. The van der Waals surface area contributed by atoms with Crippen LogP contribution in [0, 0.1) is 0 Å². The van der Waals surface area contributed by atoms with E-state index < -0.39 is 33.6 Å². The van der Waals surface area contributed by atoms with Crippen LogP contribution in [0.5, 0.6) is 5.75 Å². The second-order valence-corrected chi connectivity index (χ2v) is 6.54. The summed E-state index contributed by atoms with van der Waals surface area (Å²) < 4.78 is 12.5. The Bertz CT molecular complexity index is 880. The number of hydrogen-bond acceptors (Lipinski definition) is 5. The van der Waals surface area contributed by atoms with Gasteiger partial charge in [0, 0.05) is 11.8 Å². The van der Waals surface area contributed by atoms with Gasteiger partial charge in [-0.2, -0.15) is 0 Å². The van der Waals surface area contributed by atoms with Gasteiger partial charge in [0.2, 0.25) is 11.7 Å². The molecule has 1 aliphatic rings. The number of benzene rings is 2. The number of Topliss-reactive ketones (excluding diaryl/α,β-unsaturated/α-hetero) is 1. The van der Waals surface area contributed by atoms with Crippen molar-refractivity contribution in [2.75, 3.05) is 10.6 Å². The maximum Gasteiger partial charge on any atom is 0.293 e. The first-order chi connectivity index (χ1) is 11.5. The molecule has 2 aromatic rings. The monoisotopic (exact) mass is 344 g/mol. The Balaban J connectivity index is 1.83. The highest BCUT2D eigenvalue weighted by Gasteiger charge is 2.41. The van der Waals surface area contributed by atoms with E-state index in [0.717, 1.165) is 0 Å². The number of aromatic hydroxyl groups is 1. The molecule has 1 aliphatic heterocycles. The summed E-state index contributed by atoms with van der Waals surface area (Å²) in [6.07, 6.45) is 0. The fourth-order valence-corrected chi connectivity index (χ4v) is 3.64. The van der Waals surface area contributed by atoms with Gasteiger partial charge in [-0.15, -0.1) is 0 Å². The Kier molecular flexibility index (Phi) is 4.13. The van der Waals surface area contributed by atoms with Crippen LogP contribution in [-0.4, -0.2) is 32.2 Å². The summed E-state index contributed by atoms with van der Waals surface area (Å²) in [4.78, 5) is 36.7. The van der Waals surface area contributed by atoms with Crippen LogP contribution in [0.1, 0.15) is 0 Å². The molecule has 0 aliphatic carbocycles. The van der Waals surface area contributed by atoms with Gasteiger partial charge in [0.15, 0.2) is 5.25 Å². The van der Waals surface area contributed by atoms with Gasteiger partial charge in [0.1, 0.15) is 5.75 Å². The third-order valence-corrected chi connectivity index (χ3v) is 5.03. The number of anilines is 2. The fraction of sp³-hybridized carbons (Fsp3) is 0.0625. The first-order valence-electron chi connectivity index (χ1n) is 6.92. The van der Waals surface area contributed by atoms with E-state index in [1.807, 2.05) is 0 Å². The lowest BCUT2D eigenvalue weighted by Crippen LogP contribution is -2.46. The predicted octanol–water partition coefficient (Wildman–Crippen LogP) is 1.03. The molecule has 0 aromatic heterocycles. The zero-order chi connectivity index (χ0) is 17.3. The lowest BCUT2D eigenvalue weighted by atomic mass is 10.2. The molecular weight excluding hydrogens is 332 g/mol. The number of phenols is 1. The van der Waals surface area contributed by atoms with E-state index in [9.17, 15) is 23.7 Å². The molecule has 122 valence electrons. The Morgan fingerprint density at radius 3 is 2.62 bits per heavy atom. The molecule has 8 heteroatoms. The molecule has 0 radical (unpaired) electrons. The molecule has 0 unspecified atom stereocenters. The molecule has 24 heavy (non-hydrogen) atoms. The minimum atomic E-state index is -1.97. The third-order valence-electron chi connectivity index (χ3n) is 3.38. The van der Waals surface area contributed by atoms with Crippen LogP contribution in [0.15, 0.2) is 53.4 Å². The van der Waals surface area contributed by atoms with E-state index in [2.05, 4.69) is 10.6 Å². The quantitative estimate of drug-likeness (QED) is 0.569. The number of phenolic OH excluding ortho intramolecular Hbond substituents is 1. The van der Waals surface area contributed by atoms with E-state index in [-0.39, 0.29) is 11.4 Å². The number of carbonyl (C=O) groups excluding carboxylic acids is 3. The second-order valence-electron chi connectivity index (χ2n) is 5.03. The van der Waals surface area contributed by atoms with Crippen LogP contribution in [0.2, 0.25) is 0 Å². The number of fused-ring (bicyclic) bond motifs is 1. The van der Waals surface area contributed by atoms with Crippen molar-refractivity contribution in [2.45, 2.75) is 10.1 Å². The van der Waals surface area contributed by atoms with Gasteiger partial charge in [-0.1, -0.05) is 18.2 Å². The van der Waals surface area contributed by atoms with Crippen molar-refractivity contribution in [3.63, 3.8) is 0 Å². The molecule has 0 spiro atoms. The molecule has 2 amide bonds. The van der Waals surface area contributed by atoms with Gasteiger partial charge in [-0.05, 0) is 24.3 Å². The van der Waals surface area contributed by atoms with E-state index in [0.29, 0.717) is 10.6 Å². The lowest BCUT2D eigenvalue weighted by Gasteiger charge is -2.22. The highest BCUT2D eigenvalue weighted by Crippen LogP contribution is 2.27. The average Bonchev–Trinajstić information content (AvgIpc) is 2.54. The summed E-state index contributed by atoms with van der Waals surface area (Å²) in [5.74, 6) is -3.06. The van der Waals surface area contributed by atoms with Crippen LogP contribution >= 0.6 is 0 Å². The summed E-state index contributed by atoms with van der Waals surface area (Å²) in [5.41, 5.74) is 0.550. The lowest BCUT2D eigenvalue weighted by molar-refractivity contribution is -0.136. The normalized spacial score (nSPS) is 19.1. The van der Waals surface area contributed by atoms with E-state index in [4.69, 9.17) is 0 Å². The summed E-state index contributed by atoms with van der Waals surface area (Å²) in [5, 5.41) is 12.5. The minimum Gasteiger partial charge on any atom is -0.508 e. The number of hydrogen-bond donors (Lipinski definition) is 3. The topological polar surface area (TPSA) is 113 Å². The molecule has 2 aromatic carbocycles. The van der Waals surface area contributed by atoms with Crippen molar-refractivity contribution < 1.29 is 23.7 Å². The molecule has 0 bridgehead atoms. The average molecular weight is 344 g/mol. The number of para-hydroxylation sites is 1. The van der Waals surface area contributed by atoms with E-state index in [1.54, 1.807) is 18.2 Å². The van der Waals surface area contributed by atoms with Crippen LogP contribution in [0.4, 0.5) is 11.4 Å². The van der Waals surface area contributed by atoms with Gasteiger partial charge in [-0.25, -0.2) is 0 Å². The molecule has 0 fully saturated rings. The summed E-state index contributed by atoms with van der Waals surface area (Å²) >= 11 is 0. The van der Waals surface area contributed by atoms with Crippen molar-refractivity contribution in [3.05, 3.63) is 48.5 Å². The van der Waals surface area contributed by atoms with E-state index >= 15 is 0 Å². The number of nitrogens with one attached hydrogen (secondary N) is 2. The summed E-state index contributed by atoms with van der Waals surface area (Å²) in [7, 11) is -1.97. The number of ketones is 1. The standard InChI is InChI=1S/C16H12N2O5S/c19-10-5-3-4-9(8-10)17-15(21)13(20)14-16(22)18-11-6-1-2-7-12(11)24(14)23/h1-8,14,19H,(H,17,21)(H,18,22)/t14-,24+/m1/s1. The maximum atomic E-state index is 12.5. The third kappa shape index (κ3) is 2.91. The van der Waals surface area contributed by atoms with Gasteiger partial charge in [0.05, 0.1) is 21.4 Å². The zero-order valence-corrected chi connectivity index (χ0v) is 13.0. The number of rotatable bonds is 3. The predicted molar refractivity (Wildman–Crippen MR) is 87.0 cm³/mol. The highest BCUT2D eigenvalue weighted by molar-refractivity contribution is 7.87. The SMILES string of the molecule is O=C(Nc1cccc(O)c1)C(=O)[C@@H]1C(=O)Nc2ccccc2[S@@]1=O. The first-order valence-corrected chi connectivity index (χ1v) is 8.13. The summed E-state index contributed by atoms with van der Waals surface area (Å²) in [6, 6.07) is 12.0. The van der Waals surface area contributed by atoms with Crippen molar-refractivity contribution in [1.29, 1.82) is 0 Å². The molecule has 0 saturated carbocycles. The van der Waals surface area contributed by atoms with Crippen LogP contribution in [0.3, 0.4) is 0 Å². The molecule has 7 nitrogen and oxygen atoms in total. The Morgan fingerprint density at radius 1 is 1.12 bits per heavy atom. The first kappa shape index (κ1) is 15.9. The molecule has 3 N–H and O–H groups in total. The van der Waals surface area contributed by atoms with Crippen molar-refractivity contribution in [1.82, 2.24) is 0 Å². The van der Waals surface area contributed by atoms with Crippen LogP contribution < -0.4 is 10.6 Å². The molecule has 1 heterocycles. The van der Waals surface area contributed by atoms with Crippen molar-refractivity contribution in [2.24, 2.45) is 0 Å². The van der Waals surface area contributed by atoms with Crippen molar-refractivity contribution >= 4 is 39.8 Å². The fourth-order valence-electron chi connectivity index (χ4n) is 2.28. The zero-order valence-electron chi connectivity index (χ0n) is 12.2. The van der Waals surface area contributed by atoms with Crippen molar-refractivity contribution in [3.8, 4) is 5.75 Å². The summed E-state index contributed by atoms with van der Waals surface area (Å²) in [6.45, 7) is 0. The number of amides is 2. The van der Waals surface area contributed by atoms with Gasteiger partial charge < -0.3 is 15.7 Å². The molecule has 0 saturated heterocycles. The Labute approximate surface area is 139 Å². The Hall–Kier alpha value is -3.00. The van der Waals surface area contributed by atoms with Crippen LogP contribution in [0.25, 0.3) is 0 Å². The van der Waals surface area contributed by atoms with E-state index in [1.165, 1.54) is 30.3 Å². The van der Waals surface area contributed by atoms with Gasteiger partial charge in [0.25, 0.3) is 5.91 Å². The Morgan fingerprint density at radius 2 is 1.88 bits per heavy atom. The molecule has 3 rings (SSSR count). The largest absolute Gasteiger partial charge is 0.508 e. The van der Waals surface area contributed by atoms with Gasteiger partial charge in [-0.3, -0.25) is 18.6 Å². The number of carbonyl (C=O) groups is 3. The highest BCUT2D eigenvalue weighted by atomic mass is 32.2. The van der Waals surface area contributed by atoms with Crippen LogP contribution in [-0.2, 0) is 25.2 Å².